The highest BCUT2D eigenvalue weighted by atomic mass is 16.1. The normalized spacial score (nSPS) is 11.9. The minimum absolute atomic E-state index is 0.0911. The zero-order valence-corrected chi connectivity index (χ0v) is 14.2. The van der Waals surface area contributed by atoms with Crippen LogP contribution in [-0.4, -0.2) is 28.3 Å². The summed E-state index contributed by atoms with van der Waals surface area (Å²) in [7, 11) is 1.89. The summed E-state index contributed by atoms with van der Waals surface area (Å²) in [6.45, 7) is 0.397. The van der Waals surface area contributed by atoms with Crippen molar-refractivity contribution in [2.24, 2.45) is 12.8 Å². The molecule has 1 atom stereocenters. The lowest BCUT2D eigenvalue weighted by Gasteiger charge is -2.17. The van der Waals surface area contributed by atoms with Gasteiger partial charge in [-0.3, -0.25) is 9.48 Å². The maximum atomic E-state index is 12.5. The number of nitrogens with two attached hydrogens (primary N) is 1. The van der Waals surface area contributed by atoms with Crippen molar-refractivity contribution in [2.45, 2.75) is 12.5 Å². The minimum Gasteiger partial charge on any atom is -0.348 e. The number of carbonyl (C=O) groups is 1. The van der Waals surface area contributed by atoms with E-state index in [4.69, 9.17) is 5.73 Å². The fourth-order valence-electron chi connectivity index (χ4n) is 2.81. The van der Waals surface area contributed by atoms with E-state index in [0.29, 0.717) is 12.1 Å². The van der Waals surface area contributed by atoms with E-state index in [1.807, 2.05) is 67.7 Å². The average Bonchev–Trinajstić information content (AvgIpc) is 3.08. The monoisotopic (exact) mass is 334 g/mol. The van der Waals surface area contributed by atoms with Gasteiger partial charge >= 0.3 is 0 Å². The van der Waals surface area contributed by atoms with Gasteiger partial charge in [0.15, 0.2) is 0 Å². The second-order valence-corrected chi connectivity index (χ2v) is 6.01. The third-order valence-electron chi connectivity index (χ3n) is 4.21. The van der Waals surface area contributed by atoms with E-state index in [9.17, 15) is 4.79 Å². The first-order chi connectivity index (χ1) is 12.2. The SMILES string of the molecule is Cn1nccc1-c1ccc(C(=O)NC(CN)Cc2ccccc2)cc1. The summed E-state index contributed by atoms with van der Waals surface area (Å²) in [6, 6.07) is 19.4. The van der Waals surface area contributed by atoms with Gasteiger partial charge in [-0.25, -0.2) is 0 Å². The Morgan fingerprint density at radius 1 is 1.12 bits per heavy atom. The molecule has 0 spiro atoms. The summed E-state index contributed by atoms with van der Waals surface area (Å²) in [5, 5.41) is 7.18. The van der Waals surface area contributed by atoms with Crippen LogP contribution in [0.3, 0.4) is 0 Å². The molecule has 0 radical (unpaired) electrons. The van der Waals surface area contributed by atoms with Crippen LogP contribution in [0.5, 0.6) is 0 Å². The van der Waals surface area contributed by atoms with Crippen LogP contribution in [0, 0.1) is 0 Å². The van der Waals surface area contributed by atoms with Gasteiger partial charge in [0.1, 0.15) is 0 Å². The van der Waals surface area contributed by atoms with Gasteiger partial charge in [-0.15, -0.1) is 0 Å². The fraction of sp³-hybridized carbons (Fsp3) is 0.200. The summed E-state index contributed by atoms with van der Waals surface area (Å²) in [5.74, 6) is -0.108. The van der Waals surface area contributed by atoms with Gasteiger partial charge in [-0.05, 0) is 35.7 Å². The molecule has 2 aromatic carbocycles. The van der Waals surface area contributed by atoms with Crippen molar-refractivity contribution in [1.29, 1.82) is 0 Å². The molecule has 0 aliphatic heterocycles. The van der Waals surface area contributed by atoms with Gasteiger partial charge in [0.05, 0.1) is 5.69 Å². The third kappa shape index (κ3) is 4.14. The highest BCUT2D eigenvalue weighted by molar-refractivity contribution is 5.94. The van der Waals surface area contributed by atoms with Crippen molar-refractivity contribution < 1.29 is 4.79 Å². The predicted octanol–water partition coefficient (Wildman–Crippen LogP) is 2.39. The van der Waals surface area contributed by atoms with Crippen LogP contribution in [-0.2, 0) is 13.5 Å². The van der Waals surface area contributed by atoms with Gasteiger partial charge in [0.2, 0.25) is 0 Å². The van der Waals surface area contributed by atoms with E-state index >= 15 is 0 Å². The van der Waals surface area contributed by atoms with Gasteiger partial charge < -0.3 is 11.1 Å². The number of aryl methyl sites for hydroxylation is 1. The molecule has 1 aromatic heterocycles. The zero-order chi connectivity index (χ0) is 17.6. The number of hydrogen-bond acceptors (Lipinski definition) is 3. The van der Waals surface area contributed by atoms with E-state index in [1.165, 1.54) is 0 Å². The molecular weight excluding hydrogens is 312 g/mol. The van der Waals surface area contributed by atoms with E-state index in [0.717, 1.165) is 23.2 Å². The number of rotatable bonds is 6. The van der Waals surface area contributed by atoms with Crippen LogP contribution >= 0.6 is 0 Å². The van der Waals surface area contributed by atoms with Crippen LogP contribution < -0.4 is 11.1 Å². The Morgan fingerprint density at radius 3 is 2.44 bits per heavy atom. The number of hydrogen-bond donors (Lipinski definition) is 2. The summed E-state index contributed by atoms with van der Waals surface area (Å²) in [4.78, 5) is 12.5. The van der Waals surface area contributed by atoms with Gasteiger partial charge in [-0.2, -0.15) is 5.10 Å². The molecule has 5 nitrogen and oxygen atoms in total. The van der Waals surface area contributed by atoms with Crippen molar-refractivity contribution in [3.63, 3.8) is 0 Å². The highest BCUT2D eigenvalue weighted by Crippen LogP contribution is 2.18. The molecule has 25 heavy (non-hydrogen) atoms. The molecule has 0 bridgehead atoms. The van der Waals surface area contributed by atoms with Gasteiger partial charge in [0.25, 0.3) is 5.91 Å². The first kappa shape index (κ1) is 16.9. The second kappa shape index (κ2) is 7.77. The molecule has 1 unspecified atom stereocenters. The maximum Gasteiger partial charge on any atom is 0.251 e. The Kier molecular flexibility index (Phi) is 5.26. The molecule has 0 fully saturated rings. The molecule has 0 aliphatic rings. The van der Waals surface area contributed by atoms with Crippen molar-refractivity contribution in [3.8, 4) is 11.3 Å². The Bertz CT molecular complexity index is 824. The Labute approximate surface area is 147 Å². The second-order valence-electron chi connectivity index (χ2n) is 6.01. The molecular formula is C20H22N4O. The van der Waals surface area contributed by atoms with E-state index in [1.54, 1.807) is 10.9 Å². The van der Waals surface area contributed by atoms with Crippen LogP contribution in [0.1, 0.15) is 15.9 Å². The molecule has 0 saturated carbocycles. The quantitative estimate of drug-likeness (QED) is 0.727. The van der Waals surface area contributed by atoms with Crippen molar-refractivity contribution in [1.82, 2.24) is 15.1 Å². The molecule has 3 aromatic rings. The number of benzene rings is 2. The van der Waals surface area contributed by atoms with Gasteiger partial charge in [0, 0.05) is 31.4 Å². The topological polar surface area (TPSA) is 72.9 Å². The standard InChI is InChI=1S/C20H22N4O/c1-24-19(11-12-22-24)16-7-9-17(10-8-16)20(25)23-18(14-21)13-15-5-3-2-4-6-15/h2-12,18H,13-14,21H2,1H3,(H,23,25). The molecule has 1 amide bonds. The first-order valence-corrected chi connectivity index (χ1v) is 8.30. The van der Waals surface area contributed by atoms with E-state index in [2.05, 4.69) is 10.4 Å². The maximum absolute atomic E-state index is 12.5. The first-order valence-electron chi connectivity index (χ1n) is 8.30. The number of nitrogens with one attached hydrogen (secondary N) is 1. The lowest BCUT2D eigenvalue weighted by molar-refractivity contribution is 0.0938. The van der Waals surface area contributed by atoms with Gasteiger partial charge in [-0.1, -0.05) is 42.5 Å². The Morgan fingerprint density at radius 2 is 1.84 bits per heavy atom. The highest BCUT2D eigenvalue weighted by Gasteiger charge is 2.13. The Balaban J connectivity index is 1.67. The van der Waals surface area contributed by atoms with Crippen LogP contribution in [0.2, 0.25) is 0 Å². The summed E-state index contributed by atoms with van der Waals surface area (Å²) in [6.07, 6.45) is 2.47. The molecule has 3 rings (SSSR count). The molecule has 128 valence electrons. The number of carbonyl (C=O) groups excluding carboxylic acids is 1. The van der Waals surface area contributed by atoms with Crippen LogP contribution in [0.25, 0.3) is 11.3 Å². The molecule has 0 saturated heterocycles. The number of nitrogens with zero attached hydrogens (tertiary/aromatic N) is 2. The van der Waals surface area contributed by atoms with Crippen molar-refractivity contribution in [3.05, 3.63) is 78.0 Å². The third-order valence-corrected chi connectivity index (χ3v) is 4.21. The van der Waals surface area contributed by atoms with Crippen LogP contribution in [0.4, 0.5) is 0 Å². The fourth-order valence-corrected chi connectivity index (χ4v) is 2.81. The van der Waals surface area contributed by atoms with Crippen LogP contribution in [0.15, 0.2) is 66.9 Å². The van der Waals surface area contributed by atoms with E-state index in [-0.39, 0.29) is 11.9 Å². The number of amides is 1. The van der Waals surface area contributed by atoms with E-state index < -0.39 is 0 Å². The predicted molar refractivity (Wildman–Crippen MR) is 99.1 cm³/mol. The molecule has 0 aliphatic carbocycles. The average molecular weight is 334 g/mol. The lowest BCUT2D eigenvalue weighted by Crippen LogP contribution is -2.41. The molecule has 3 N–H and O–H groups in total. The molecule has 1 heterocycles. The molecule has 5 heteroatoms. The Hall–Kier alpha value is -2.92. The zero-order valence-electron chi connectivity index (χ0n) is 14.2. The lowest BCUT2D eigenvalue weighted by atomic mass is 10.0. The van der Waals surface area contributed by atoms with Crippen molar-refractivity contribution in [2.75, 3.05) is 6.54 Å². The smallest absolute Gasteiger partial charge is 0.251 e. The van der Waals surface area contributed by atoms with Crippen molar-refractivity contribution >= 4 is 5.91 Å². The summed E-state index contributed by atoms with van der Waals surface area (Å²) < 4.78 is 1.80. The summed E-state index contributed by atoms with van der Waals surface area (Å²) in [5.41, 5.74) is 9.64. The largest absolute Gasteiger partial charge is 0.348 e. The minimum atomic E-state index is -0.108. The summed E-state index contributed by atoms with van der Waals surface area (Å²) >= 11 is 0. The number of aromatic nitrogens is 2.